The molecule has 8 nitrogen and oxygen atoms in total. The average molecular weight is 328 g/mol. The molecule has 0 aliphatic rings. The van der Waals surface area contributed by atoms with Crippen LogP contribution < -0.4 is 14.8 Å². The highest BCUT2D eigenvalue weighted by molar-refractivity contribution is 5.88. The first kappa shape index (κ1) is 15.6. The number of hydrogen-bond acceptors (Lipinski definition) is 6. The standard InChI is InChI=1S/C16H16N4O4/c1-23-11-4-3-10(14(7-11)24-2)8-17-15-12-5-6-13(16(21)22)20(12)19-9-18-15/h3-7,9H,8H2,1-2H3,(H,21,22)(H,17,18,19). The summed E-state index contributed by atoms with van der Waals surface area (Å²) in [5.41, 5.74) is 1.58. The molecule has 0 saturated heterocycles. The minimum Gasteiger partial charge on any atom is -0.497 e. The highest BCUT2D eigenvalue weighted by Crippen LogP contribution is 2.25. The van der Waals surface area contributed by atoms with E-state index in [-0.39, 0.29) is 5.69 Å². The van der Waals surface area contributed by atoms with Crippen LogP contribution in [0.5, 0.6) is 11.5 Å². The van der Waals surface area contributed by atoms with Gasteiger partial charge in [-0.25, -0.2) is 14.3 Å². The second kappa shape index (κ2) is 6.45. The summed E-state index contributed by atoms with van der Waals surface area (Å²) in [5, 5.41) is 16.3. The predicted molar refractivity (Wildman–Crippen MR) is 86.8 cm³/mol. The number of benzene rings is 1. The number of aromatic nitrogens is 3. The number of carboxylic acids is 1. The van der Waals surface area contributed by atoms with Gasteiger partial charge in [-0.05, 0) is 24.3 Å². The van der Waals surface area contributed by atoms with Crippen molar-refractivity contribution < 1.29 is 19.4 Å². The normalized spacial score (nSPS) is 10.6. The van der Waals surface area contributed by atoms with E-state index in [0.29, 0.717) is 29.4 Å². The summed E-state index contributed by atoms with van der Waals surface area (Å²) in [6.07, 6.45) is 1.31. The summed E-state index contributed by atoms with van der Waals surface area (Å²) < 4.78 is 11.9. The monoisotopic (exact) mass is 328 g/mol. The molecule has 0 saturated carbocycles. The molecule has 0 aliphatic heterocycles. The minimum atomic E-state index is -1.04. The summed E-state index contributed by atoms with van der Waals surface area (Å²) in [6, 6.07) is 8.69. The molecular formula is C16H16N4O4. The third-order valence-corrected chi connectivity index (χ3v) is 3.61. The van der Waals surface area contributed by atoms with Crippen LogP contribution >= 0.6 is 0 Å². The molecule has 2 aromatic heterocycles. The Morgan fingerprint density at radius 3 is 2.79 bits per heavy atom. The number of fused-ring (bicyclic) bond motifs is 1. The summed E-state index contributed by atoms with van der Waals surface area (Å²) in [4.78, 5) is 15.4. The first-order chi connectivity index (χ1) is 11.6. The lowest BCUT2D eigenvalue weighted by molar-refractivity contribution is 0.0688. The van der Waals surface area contributed by atoms with Crippen molar-refractivity contribution in [3.63, 3.8) is 0 Å². The zero-order valence-electron chi connectivity index (χ0n) is 13.2. The molecule has 3 rings (SSSR count). The van der Waals surface area contributed by atoms with Gasteiger partial charge in [-0.2, -0.15) is 5.10 Å². The average Bonchev–Trinajstić information content (AvgIpc) is 3.04. The van der Waals surface area contributed by atoms with Crippen molar-refractivity contribution in [1.82, 2.24) is 14.6 Å². The molecule has 1 aromatic carbocycles. The van der Waals surface area contributed by atoms with Crippen molar-refractivity contribution in [2.24, 2.45) is 0 Å². The van der Waals surface area contributed by atoms with E-state index in [0.717, 1.165) is 5.56 Å². The second-order valence-corrected chi connectivity index (χ2v) is 4.96. The summed E-state index contributed by atoms with van der Waals surface area (Å²) in [6.45, 7) is 0.452. The maximum atomic E-state index is 11.2. The Morgan fingerprint density at radius 1 is 1.25 bits per heavy atom. The van der Waals surface area contributed by atoms with E-state index in [1.165, 1.54) is 16.9 Å². The van der Waals surface area contributed by atoms with Gasteiger partial charge in [-0.15, -0.1) is 0 Å². The lowest BCUT2D eigenvalue weighted by Gasteiger charge is -2.12. The molecule has 0 unspecified atom stereocenters. The maximum Gasteiger partial charge on any atom is 0.354 e. The lowest BCUT2D eigenvalue weighted by Crippen LogP contribution is -2.08. The van der Waals surface area contributed by atoms with E-state index >= 15 is 0 Å². The van der Waals surface area contributed by atoms with Gasteiger partial charge >= 0.3 is 5.97 Å². The van der Waals surface area contributed by atoms with E-state index in [1.54, 1.807) is 26.4 Å². The third-order valence-electron chi connectivity index (χ3n) is 3.61. The molecule has 2 N–H and O–H groups in total. The summed E-state index contributed by atoms with van der Waals surface area (Å²) in [5.74, 6) is 0.887. The molecule has 124 valence electrons. The molecule has 0 radical (unpaired) electrons. The number of carbonyl (C=O) groups is 1. The predicted octanol–water partition coefficient (Wildman–Crippen LogP) is 2.06. The van der Waals surface area contributed by atoms with Gasteiger partial charge < -0.3 is 19.9 Å². The Kier molecular flexibility index (Phi) is 4.19. The Hall–Kier alpha value is -3.29. The number of aromatic carboxylic acids is 1. The summed E-state index contributed by atoms with van der Waals surface area (Å²) in [7, 11) is 3.18. The van der Waals surface area contributed by atoms with E-state index in [2.05, 4.69) is 15.4 Å². The minimum absolute atomic E-state index is 0.0810. The van der Waals surface area contributed by atoms with Gasteiger partial charge in [0.1, 0.15) is 23.3 Å². The molecule has 2 heterocycles. The SMILES string of the molecule is COc1ccc(CNc2ncnn3c(C(=O)O)ccc23)c(OC)c1. The molecule has 8 heteroatoms. The number of hydrogen-bond donors (Lipinski definition) is 2. The lowest BCUT2D eigenvalue weighted by atomic mass is 10.2. The first-order valence-corrected chi connectivity index (χ1v) is 7.15. The molecule has 0 bridgehead atoms. The van der Waals surface area contributed by atoms with E-state index in [1.807, 2.05) is 12.1 Å². The van der Waals surface area contributed by atoms with Gasteiger partial charge in [-0.1, -0.05) is 0 Å². The molecule has 0 fully saturated rings. The fourth-order valence-corrected chi connectivity index (χ4v) is 2.41. The number of nitrogens with zero attached hydrogens (tertiary/aromatic N) is 3. The second-order valence-electron chi connectivity index (χ2n) is 4.96. The molecule has 0 spiro atoms. The van der Waals surface area contributed by atoms with Crippen LogP contribution in [-0.2, 0) is 6.54 Å². The van der Waals surface area contributed by atoms with Crippen molar-refractivity contribution in [1.29, 1.82) is 0 Å². The highest BCUT2D eigenvalue weighted by Gasteiger charge is 2.13. The third kappa shape index (κ3) is 2.81. The van der Waals surface area contributed by atoms with E-state index < -0.39 is 5.97 Å². The molecular weight excluding hydrogens is 312 g/mol. The van der Waals surface area contributed by atoms with Crippen LogP contribution in [0.4, 0.5) is 5.82 Å². The molecule has 3 aromatic rings. The van der Waals surface area contributed by atoms with Gasteiger partial charge in [0.25, 0.3) is 0 Å². The molecule has 0 atom stereocenters. The number of rotatable bonds is 6. The van der Waals surface area contributed by atoms with Crippen molar-refractivity contribution in [2.75, 3.05) is 19.5 Å². The van der Waals surface area contributed by atoms with Crippen LogP contribution in [0.15, 0.2) is 36.7 Å². The zero-order chi connectivity index (χ0) is 17.1. The number of ether oxygens (including phenoxy) is 2. The van der Waals surface area contributed by atoms with Gasteiger partial charge in [-0.3, -0.25) is 0 Å². The van der Waals surface area contributed by atoms with Gasteiger partial charge in [0.15, 0.2) is 11.5 Å². The van der Waals surface area contributed by atoms with E-state index in [9.17, 15) is 4.79 Å². The van der Waals surface area contributed by atoms with Gasteiger partial charge in [0, 0.05) is 18.2 Å². The fraction of sp³-hybridized carbons (Fsp3) is 0.188. The Bertz CT molecular complexity index is 891. The Morgan fingerprint density at radius 2 is 2.08 bits per heavy atom. The van der Waals surface area contributed by atoms with Crippen LogP contribution in [0.3, 0.4) is 0 Å². The largest absolute Gasteiger partial charge is 0.497 e. The number of methoxy groups -OCH3 is 2. The number of carboxylic acid groups (broad SMARTS) is 1. The van der Waals surface area contributed by atoms with Crippen molar-refractivity contribution >= 4 is 17.3 Å². The maximum absolute atomic E-state index is 11.2. The van der Waals surface area contributed by atoms with Crippen LogP contribution in [0.2, 0.25) is 0 Å². The summed E-state index contributed by atoms with van der Waals surface area (Å²) >= 11 is 0. The smallest absolute Gasteiger partial charge is 0.354 e. The zero-order valence-corrected chi connectivity index (χ0v) is 13.2. The van der Waals surface area contributed by atoms with Crippen LogP contribution in [0, 0.1) is 0 Å². The van der Waals surface area contributed by atoms with Gasteiger partial charge in [0.2, 0.25) is 0 Å². The highest BCUT2D eigenvalue weighted by atomic mass is 16.5. The fourth-order valence-electron chi connectivity index (χ4n) is 2.41. The first-order valence-electron chi connectivity index (χ1n) is 7.15. The van der Waals surface area contributed by atoms with Crippen molar-refractivity contribution in [3.05, 3.63) is 47.9 Å². The molecule has 24 heavy (non-hydrogen) atoms. The van der Waals surface area contributed by atoms with Crippen molar-refractivity contribution in [2.45, 2.75) is 6.54 Å². The van der Waals surface area contributed by atoms with Crippen LogP contribution in [-0.4, -0.2) is 39.9 Å². The quantitative estimate of drug-likeness (QED) is 0.714. The number of anilines is 1. The molecule has 0 aliphatic carbocycles. The van der Waals surface area contributed by atoms with E-state index in [4.69, 9.17) is 14.6 Å². The molecule has 0 amide bonds. The topological polar surface area (TPSA) is 98.0 Å². The number of nitrogens with one attached hydrogen (secondary N) is 1. The van der Waals surface area contributed by atoms with Crippen molar-refractivity contribution in [3.8, 4) is 11.5 Å². The Balaban J connectivity index is 1.87. The van der Waals surface area contributed by atoms with Gasteiger partial charge in [0.05, 0.1) is 14.2 Å². The Labute approximate surface area is 137 Å². The van der Waals surface area contributed by atoms with Crippen LogP contribution in [0.25, 0.3) is 5.52 Å². The van der Waals surface area contributed by atoms with Crippen LogP contribution in [0.1, 0.15) is 16.1 Å².